The van der Waals surface area contributed by atoms with Gasteiger partial charge in [0, 0.05) is 30.5 Å². The summed E-state index contributed by atoms with van der Waals surface area (Å²) in [6.45, 7) is 4.36. The summed E-state index contributed by atoms with van der Waals surface area (Å²) in [4.78, 5) is 15.9. The van der Waals surface area contributed by atoms with Gasteiger partial charge in [0.15, 0.2) is 0 Å². The van der Waals surface area contributed by atoms with Crippen LogP contribution in [-0.4, -0.2) is 28.7 Å². The fourth-order valence-electron chi connectivity index (χ4n) is 2.20. The van der Waals surface area contributed by atoms with E-state index in [1.165, 1.54) is 7.11 Å². The predicted molar refractivity (Wildman–Crippen MR) is 82.4 cm³/mol. The first-order valence-electron chi connectivity index (χ1n) is 6.59. The number of ether oxygens (including phenoxy) is 1. The summed E-state index contributed by atoms with van der Waals surface area (Å²) in [5.41, 5.74) is 9.10. The van der Waals surface area contributed by atoms with Crippen LogP contribution in [0.1, 0.15) is 23.0 Å². The highest BCUT2D eigenvalue weighted by atomic mass is 35.5. The number of nitrogens with zero attached hydrogens (tertiary/aromatic N) is 2. The monoisotopic (exact) mass is 307 g/mol. The molecule has 0 spiro atoms. The second kappa shape index (κ2) is 6.28. The van der Waals surface area contributed by atoms with Gasteiger partial charge in [0.2, 0.25) is 0 Å². The van der Waals surface area contributed by atoms with Crippen LogP contribution in [0.25, 0.3) is 11.1 Å². The van der Waals surface area contributed by atoms with Gasteiger partial charge in [0.25, 0.3) is 0 Å². The third-order valence-electron chi connectivity index (χ3n) is 3.16. The quantitative estimate of drug-likeness (QED) is 0.696. The smallest absolute Gasteiger partial charge is 0.354 e. The summed E-state index contributed by atoms with van der Waals surface area (Å²) in [6, 6.07) is 3.49. The van der Waals surface area contributed by atoms with E-state index in [1.54, 1.807) is 22.9 Å². The zero-order valence-corrected chi connectivity index (χ0v) is 13.0. The molecule has 0 radical (unpaired) electrons. The topological polar surface area (TPSA) is 70.1 Å². The molecule has 0 aliphatic carbocycles. The number of aromatic nitrogens is 2. The SMILES string of the molecule is COC(=O)c1cc(-c2cc(Cl)ncc2C)cn1CC(C)N. The van der Waals surface area contributed by atoms with Gasteiger partial charge in [0.05, 0.1) is 7.11 Å². The first-order chi connectivity index (χ1) is 9.92. The summed E-state index contributed by atoms with van der Waals surface area (Å²) in [6.07, 6.45) is 3.59. The third kappa shape index (κ3) is 3.43. The summed E-state index contributed by atoms with van der Waals surface area (Å²) in [5, 5.41) is 0.412. The van der Waals surface area contributed by atoms with E-state index >= 15 is 0 Å². The molecule has 0 aliphatic rings. The first-order valence-corrected chi connectivity index (χ1v) is 6.96. The summed E-state index contributed by atoms with van der Waals surface area (Å²) < 4.78 is 6.63. The lowest BCUT2D eigenvalue weighted by atomic mass is 10.1. The lowest BCUT2D eigenvalue weighted by molar-refractivity contribution is 0.0588. The van der Waals surface area contributed by atoms with Gasteiger partial charge >= 0.3 is 5.97 Å². The van der Waals surface area contributed by atoms with Crippen LogP contribution in [0.4, 0.5) is 0 Å². The van der Waals surface area contributed by atoms with Crippen molar-refractivity contribution < 1.29 is 9.53 Å². The minimum absolute atomic E-state index is 0.0734. The summed E-state index contributed by atoms with van der Waals surface area (Å²) in [7, 11) is 1.36. The van der Waals surface area contributed by atoms with Gasteiger partial charge < -0.3 is 15.0 Å². The molecule has 21 heavy (non-hydrogen) atoms. The Balaban J connectivity index is 2.52. The molecule has 0 saturated heterocycles. The van der Waals surface area contributed by atoms with Crippen molar-refractivity contribution >= 4 is 17.6 Å². The maximum Gasteiger partial charge on any atom is 0.354 e. The molecule has 112 valence electrons. The summed E-state index contributed by atoms with van der Waals surface area (Å²) >= 11 is 5.96. The zero-order chi connectivity index (χ0) is 15.6. The summed E-state index contributed by atoms with van der Waals surface area (Å²) in [5.74, 6) is -0.389. The Morgan fingerprint density at radius 2 is 2.24 bits per heavy atom. The van der Waals surface area contributed by atoms with Crippen molar-refractivity contribution in [2.45, 2.75) is 26.4 Å². The Bertz CT molecular complexity index is 665. The van der Waals surface area contributed by atoms with Crippen molar-refractivity contribution in [3.63, 3.8) is 0 Å². The van der Waals surface area contributed by atoms with Gasteiger partial charge in [-0.1, -0.05) is 11.6 Å². The Morgan fingerprint density at radius 3 is 2.86 bits per heavy atom. The second-order valence-corrected chi connectivity index (χ2v) is 5.44. The van der Waals surface area contributed by atoms with E-state index < -0.39 is 0 Å². The molecule has 2 rings (SSSR count). The van der Waals surface area contributed by atoms with E-state index in [2.05, 4.69) is 4.98 Å². The van der Waals surface area contributed by atoms with Gasteiger partial charge in [-0.05, 0) is 37.1 Å². The normalized spacial score (nSPS) is 12.2. The third-order valence-corrected chi connectivity index (χ3v) is 3.36. The van der Waals surface area contributed by atoms with Crippen molar-refractivity contribution in [1.82, 2.24) is 9.55 Å². The fourth-order valence-corrected chi connectivity index (χ4v) is 2.36. The van der Waals surface area contributed by atoms with E-state index in [0.717, 1.165) is 16.7 Å². The minimum atomic E-state index is -0.389. The van der Waals surface area contributed by atoms with E-state index in [9.17, 15) is 4.79 Å². The molecule has 2 heterocycles. The van der Waals surface area contributed by atoms with Crippen molar-refractivity contribution in [2.75, 3.05) is 7.11 Å². The van der Waals surface area contributed by atoms with Crippen molar-refractivity contribution in [2.24, 2.45) is 5.73 Å². The number of hydrogen-bond acceptors (Lipinski definition) is 4. The number of halogens is 1. The predicted octanol–water partition coefficient (Wildman–Crippen LogP) is 2.65. The van der Waals surface area contributed by atoms with Gasteiger partial charge in [0.1, 0.15) is 10.8 Å². The van der Waals surface area contributed by atoms with E-state index in [4.69, 9.17) is 22.1 Å². The van der Waals surface area contributed by atoms with Gasteiger partial charge in [-0.25, -0.2) is 9.78 Å². The highest BCUT2D eigenvalue weighted by Gasteiger charge is 2.17. The number of nitrogens with two attached hydrogens (primary N) is 1. The van der Waals surface area contributed by atoms with Gasteiger partial charge in [-0.3, -0.25) is 0 Å². The van der Waals surface area contributed by atoms with Crippen LogP contribution in [0.15, 0.2) is 24.5 Å². The van der Waals surface area contributed by atoms with Crippen LogP contribution in [-0.2, 0) is 11.3 Å². The average Bonchev–Trinajstić information content (AvgIpc) is 2.83. The average molecular weight is 308 g/mol. The van der Waals surface area contributed by atoms with E-state index in [1.807, 2.05) is 20.0 Å². The molecule has 1 atom stereocenters. The second-order valence-electron chi connectivity index (χ2n) is 5.06. The molecule has 0 aliphatic heterocycles. The van der Waals surface area contributed by atoms with Gasteiger partial charge in [-0.15, -0.1) is 0 Å². The number of carbonyl (C=O) groups is 1. The highest BCUT2D eigenvalue weighted by molar-refractivity contribution is 6.29. The number of aryl methyl sites for hydroxylation is 1. The Kier molecular flexibility index (Phi) is 4.65. The van der Waals surface area contributed by atoms with Crippen LogP contribution in [0.5, 0.6) is 0 Å². The lowest BCUT2D eigenvalue weighted by Crippen LogP contribution is -2.24. The number of carbonyl (C=O) groups excluding carboxylic acids is 1. The van der Waals surface area contributed by atoms with E-state index in [-0.39, 0.29) is 12.0 Å². The Hall–Kier alpha value is -1.85. The largest absolute Gasteiger partial charge is 0.464 e. The Labute approximate surface area is 128 Å². The number of rotatable bonds is 4. The molecule has 0 saturated carbocycles. The molecule has 2 aromatic rings. The number of pyridine rings is 1. The van der Waals surface area contributed by atoms with Crippen LogP contribution in [0, 0.1) is 6.92 Å². The molecule has 2 aromatic heterocycles. The number of esters is 1. The minimum Gasteiger partial charge on any atom is -0.464 e. The molecule has 5 nitrogen and oxygen atoms in total. The molecular weight excluding hydrogens is 290 g/mol. The highest BCUT2D eigenvalue weighted by Crippen LogP contribution is 2.27. The van der Waals surface area contributed by atoms with Crippen molar-refractivity contribution in [3.8, 4) is 11.1 Å². The first kappa shape index (κ1) is 15.5. The molecule has 2 N–H and O–H groups in total. The van der Waals surface area contributed by atoms with Crippen molar-refractivity contribution in [3.05, 3.63) is 40.9 Å². The number of methoxy groups -OCH3 is 1. The Morgan fingerprint density at radius 1 is 1.52 bits per heavy atom. The number of hydrogen-bond donors (Lipinski definition) is 1. The molecule has 0 aromatic carbocycles. The van der Waals surface area contributed by atoms with Crippen LogP contribution in [0.2, 0.25) is 5.15 Å². The van der Waals surface area contributed by atoms with Crippen LogP contribution in [0.3, 0.4) is 0 Å². The van der Waals surface area contributed by atoms with Crippen LogP contribution >= 0.6 is 11.6 Å². The molecule has 0 amide bonds. The lowest BCUT2D eigenvalue weighted by Gasteiger charge is -2.09. The van der Waals surface area contributed by atoms with Crippen LogP contribution < -0.4 is 5.73 Å². The van der Waals surface area contributed by atoms with E-state index in [0.29, 0.717) is 17.4 Å². The molecule has 0 bridgehead atoms. The van der Waals surface area contributed by atoms with Crippen molar-refractivity contribution in [1.29, 1.82) is 0 Å². The molecular formula is C15H18ClN3O2. The van der Waals surface area contributed by atoms with Gasteiger partial charge in [-0.2, -0.15) is 0 Å². The maximum atomic E-state index is 11.9. The fraction of sp³-hybridized carbons (Fsp3) is 0.333. The zero-order valence-electron chi connectivity index (χ0n) is 12.3. The maximum absolute atomic E-state index is 11.9. The standard InChI is InChI=1S/C15H18ClN3O2/c1-9-6-18-14(16)5-12(9)11-4-13(15(20)21-3)19(8-11)7-10(2)17/h4-6,8,10H,7,17H2,1-3H3. The molecule has 6 heteroatoms. The molecule has 1 unspecified atom stereocenters. The molecule has 0 fully saturated rings.